The van der Waals surface area contributed by atoms with Gasteiger partial charge in [-0.3, -0.25) is 0 Å². The molecule has 0 bridgehead atoms. The number of carbonyl (C=O) groups excluding carboxylic acids is 4. The first-order chi connectivity index (χ1) is 68.8. The van der Waals surface area contributed by atoms with Crippen molar-refractivity contribution < 1.29 is 77.5 Å². The summed E-state index contributed by atoms with van der Waals surface area (Å²) >= 11 is 0. The molecule has 0 radical (unpaired) electrons. The number of benzene rings is 12. The summed E-state index contributed by atoms with van der Waals surface area (Å²) in [6, 6.07) is 85.9. The van der Waals surface area contributed by atoms with Gasteiger partial charge >= 0.3 is 23.9 Å². The molecule has 1 unspecified atom stereocenters. The Morgan fingerprint density at radius 3 is 0.709 bits per heavy atom. The Hall–Kier alpha value is -17.0. The van der Waals surface area contributed by atoms with Crippen LogP contribution in [0.25, 0.3) is 137 Å². The van der Waals surface area contributed by atoms with Gasteiger partial charge in [0.15, 0.2) is 69.9 Å². The molecule has 0 amide bonds. The highest BCUT2D eigenvalue weighted by atomic mass is 16.5. The number of phenolic OH excluding ortho intramolecular Hbond substituents is 4. The average Bonchev–Trinajstić information content (AvgIpc) is 0.802. The largest absolute Gasteiger partial charge is 0.507 e. The van der Waals surface area contributed by atoms with Crippen LogP contribution in [0.1, 0.15) is 147 Å². The first kappa shape index (κ1) is 101. The molecule has 718 valence electrons. The summed E-state index contributed by atoms with van der Waals surface area (Å²) in [5.41, 5.74) is 9.80. The van der Waals surface area contributed by atoms with E-state index in [1.54, 1.807) is 146 Å². The van der Waals surface area contributed by atoms with Crippen molar-refractivity contribution >= 4 is 23.9 Å². The molecular formula is C113H110N12O16. The van der Waals surface area contributed by atoms with Gasteiger partial charge in [0.1, 0.15) is 46.0 Å². The van der Waals surface area contributed by atoms with Gasteiger partial charge in [0.2, 0.25) is 0 Å². The zero-order valence-corrected chi connectivity index (χ0v) is 80.0. The number of esters is 4. The highest BCUT2D eigenvalue weighted by Crippen LogP contribution is 2.39. The Morgan fingerprint density at radius 2 is 0.475 bits per heavy atom. The van der Waals surface area contributed by atoms with Crippen molar-refractivity contribution in [2.45, 2.75) is 105 Å². The number of rotatable bonds is 36. The molecule has 0 saturated heterocycles. The molecule has 4 aromatic heterocycles. The lowest BCUT2D eigenvalue weighted by atomic mass is 10.0. The molecule has 0 fully saturated rings. The van der Waals surface area contributed by atoms with Crippen LogP contribution in [0.4, 0.5) is 0 Å². The molecule has 28 heteroatoms. The molecule has 141 heavy (non-hydrogen) atoms. The monoisotopic (exact) mass is 1890 g/mol. The van der Waals surface area contributed by atoms with Crippen LogP contribution >= 0.6 is 0 Å². The molecule has 0 saturated carbocycles. The Labute approximate surface area is 818 Å². The number of unbranched alkanes of at least 4 members (excludes halogenated alkanes) is 5. The minimum atomic E-state index is -0.368. The molecule has 4 heterocycles. The van der Waals surface area contributed by atoms with Crippen molar-refractivity contribution in [1.82, 2.24) is 59.8 Å². The van der Waals surface area contributed by atoms with Gasteiger partial charge in [-0.1, -0.05) is 249 Å². The summed E-state index contributed by atoms with van der Waals surface area (Å²) in [7, 11) is 6.14. The van der Waals surface area contributed by atoms with E-state index in [0.717, 1.165) is 92.9 Å². The van der Waals surface area contributed by atoms with Crippen LogP contribution in [-0.4, -0.2) is 159 Å². The fraction of sp³-hybridized carbons (Fsp3) is 0.221. The number of methoxy groups -OCH3 is 4. The summed E-state index contributed by atoms with van der Waals surface area (Å²) in [6.45, 7) is 12.1. The van der Waals surface area contributed by atoms with E-state index in [1.807, 2.05) is 135 Å². The Morgan fingerprint density at radius 1 is 0.241 bits per heavy atom. The summed E-state index contributed by atoms with van der Waals surface area (Å²) < 4.78 is 42.2. The van der Waals surface area contributed by atoms with Crippen LogP contribution in [0.5, 0.6) is 46.0 Å². The first-order valence-corrected chi connectivity index (χ1v) is 46.6. The number of nitrogens with zero attached hydrogens (tertiary/aromatic N) is 12. The average molecular weight is 1890 g/mol. The minimum absolute atomic E-state index is 0.000436. The standard InChI is InChI=1S/C31H33N3O4.C29H29N3O4.C27H25N3O4.C26H23N3O4/c1-4-6-10-21(5-2)20-38-31(36)24-15-13-23(14-16-24)29-32-28(22-11-8-7-9-12-22)33-30(34-29)26-18-17-25(37-3)19-27(26)35;1-3-4-5-9-18-36-29(34)22-14-12-21(13-15-22)27-30-26(20-10-7-6-8-11-20)31-28(32-27)24-17-16-23(35-2)19-25(24)33;1-3-4-16-34-27(32)20-12-10-19(11-13-20)25-28-24(18-8-6-5-7-9-18)29-26(30-25)22-15-14-21(33-2)17-23(22)31;1-3-15-33-26(31)19-11-9-18(10-12-19)24-27-23(17-7-5-4-6-8-17)28-25(29-24)21-14-13-20(32-2)16-22(21)30/h7-9,11-19,21,35H,4-6,10,20H2,1-3H3;6-8,10-17,19,33H,3-5,9,18H2,1-2H3;5-15,17,31H,3-4,16H2,1-2H3;4-14,16,30H,3,15H2,1-2H3. The maximum atomic E-state index is 12.7. The van der Waals surface area contributed by atoms with Crippen molar-refractivity contribution in [3.63, 3.8) is 0 Å². The summed E-state index contributed by atoms with van der Waals surface area (Å²) in [5, 5.41) is 42.3. The molecular weight excluding hydrogens is 1780 g/mol. The number of aromatic nitrogens is 12. The van der Waals surface area contributed by atoms with Crippen LogP contribution in [0.3, 0.4) is 0 Å². The zero-order valence-electron chi connectivity index (χ0n) is 80.0. The van der Waals surface area contributed by atoms with Crippen molar-refractivity contribution in [3.05, 3.63) is 313 Å². The van der Waals surface area contributed by atoms with Gasteiger partial charge in [-0.05, 0) is 129 Å². The smallest absolute Gasteiger partial charge is 0.338 e. The van der Waals surface area contributed by atoms with Crippen LogP contribution in [0, 0.1) is 5.92 Å². The summed E-state index contributed by atoms with van der Waals surface area (Å²) in [5.74, 6) is 5.98. The predicted octanol–water partition coefficient (Wildman–Crippen LogP) is 24.0. The Kier molecular flexibility index (Phi) is 36.8. The molecule has 0 aliphatic rings. The third-order valence-electron chi connectivity index (χ3n) is 22.4. The van der Waals surface area contributed by atoms with E-state index in [4.69, 9.17) is 42.9 Å². The second kappa shape index (κ2) is 51.2. The van der Waals surface area contributed by atoms with Crippen molar-refractivity contribution in [1.29, 1.82) is 0 Å². The normalized spacial score (nSPS) is 10.9. The maximum Gasteiger partial charge on any atom is 0.338 e. The third-order valence-corrected chi connectivity index (χ3v) is 22.4. The van der Waals surface area contributed by atoms with Gasteiger partial charge in [0, 0.05) is 68.8 Å². The first-order valence-electron chi connectivity index (χ1n) is 46.6. The Bertz CT molecular complexity index is 6840. The SMILES string of the molecule is CCCCC(CC)COC(=O)c1ccc(-c2nc(-c3ccccc3)nc(-c3ccc(OC)cc3O)n2)cc1.CCCCCCOC(=O)c1ccc(-c2nc(-c3ccccc3)nc(-c3ccc(OC)cc3O)n2)cc1.CCCCOC(=O)c1ccc(-c2nc(-c3ccccc3)nc(-c3ccc(OC)cc3O)n2)cc1.CCCOC(=O)c1ccc(-c2nc(-c3ccccc3)nc(-c3ccc(OC)cc3O)n2)cc1. The predicted molar refractivity (Wildman–Crippen MR) is 541 cm³/mol. The van der Waals surface area contributed by atoms with Crippen LogP contribution in [0.2, 0.25) is 0 Å². The van der Waals surface area contributed by atoms with Gasteiger partial charge in [0.25, 0.3) is 0 Å². The van der Waals surface area contributed by atoms with E-state index < -0.39 is 0 Å². The molecule has 16 rings (SSSR count). The number of phenols is 4. The van der Waals surface area contributed by atoms with E-state index in [0.29, 0.717) is 192 Å². The van der Waals surface area contributed by atoms with E-state index >= 15 is 0 Å². The highest BCUT2D eigenvalue weighted by Gasteiger charge is 2.24. The molecule has 0 aliphatic carbocycles. The van der Waals surface area contributed by atoms with Crippen molar-refractivity contribution in [2.75, 3.05) is 54.9 Å². The highest BCUT2D eigenvalue weighted by molar-refractivity contribution is 5.92. The lowest BCUT2D eigenvalue weighted by molar-refractivity contribution is 0.0425. The van der Waals surface area contributed by atoms with Crippen molar-refractivity contribution in [2.24, 2.45) is 5.92 Å². The molecule has 1 atom stereocenters. The number of hydrogen-bond donors (Lipinski definition) is 4. The fourth-order valence-corrected chi connectivity index (χ4v) is 14.3. The number of ether oxygens (including phenoxy) is 8. The quantitative estimate of drug-likeness (QED) is 0.0161. The van der Waals surface area contributed by atoms with Crippen LogP contribution in [-0.2, 0) is 18.9 Å². The summed E-state index contributed by atoms with van der Waals surface area (Å²) in [4.78, 5) is 105. The number of hydrogen-bond acceptors (Lipinski definition) is 28. The second-order valence-electron chi connectivity index (χ2n) is 32.4. The van der Waals surface area contributed by atoms with E-state index in [-0.39, 0.29) is 46.9 Å². The molecule has 16 aromatic rings. The molecule has 12 aromatic carbocycles. The number of carbonyl (C=O) groups is 4. The Balaban J connectivity index is 0.000000158. The number of aromatic hydroxyl groups is 4. The zero-order chi connectivity index (χ0) is 99.4. The molecule has 0 aliphatic heterocycles. The maximum absolute atomic E-state index is 12.7. The lowest BCUT2D eigenvalue weighted by Gasteiger charge is -2.14. The van der Waals surface area contributed by atoms with E-state index in [2.05, 4.69) is 75.6 Å². The lowest BCUT2D eigenvalue weighted by Crippen LogP contribution is -2.14. The van der Waals surface area contributed by atoms with Gasteiger partial charge < -0.3 is 58.3 Å². The topological polar surface area (TPSA) is 378 Å². The molecule has 4 N–H and O–H groups in total. The van der Waals surface area contributed by atoms with Crippen LogP contribution < -0.4 is 18.9 Å². The van der Waals surface area contributed by atoms with Gasteiger partial charge in [-0.15, -0.1) is 0 Å². The summed E-state index contributed by atoms with van der Waals surface area (Å²) in [6.07, 6.45) is 11.1. The van der Waals surface area contributed by atoms with E-state index in [9.17, 15) is 39.6 Å². The minimum Gasteiger partial charge on any atom is -0.507 e. The van der Waals surface area contributed by atoms with Gasteiger partial charge in [-0.2, -0.15) is 0 Å². The fourth-order valence-electron chi connectivity index (χ4n) is 14.3. The third kappa shape index (κ3) is 27.9. The van der Waals surface area contributed by atoms with E-state index in [1.165, 1.54) is 52.7 Å². The van der Waals surface area contributed by atoms with Gasteiger partial charge in [0.05, 0.1) is 99.4 Å². The molecule has 0 spiro atoms. The molecule has 28 nitrogen and oxygen atoms in total. The van der Waals surface area contributed by atoms with Crippen LogP contribution in [0.15, 0.2) is 291 Å². The van der Waals surface area contributed by atoms with Gasteiger partial charge in [-0.25, -0.2) is 79.0 Å². The van der Waals surface area contributed by atoms with Crippen molar-refractivity contribution in [3.8, 4) is 183 Å². The second-order valence-corrected chi connectivity index (χ2v) is 32.4.